The summed E-state index contributed by atoms with van der Waals surface area (Å²) in [5.41, 5.74) is 5.16. The Morgan fingerprint density at radius 2 is 1.78 bits per heavy atom. The van der Waals surface area contributed by atoms with Crippen molar-refractivity contribution in [2.75, 3.05) is 31.4 Å². The minimum Gasteiger partial charge on any atom is -0.478 e. The van der Waals surface area contributed by atoms with Gasteiger partial charge in [-0.3, -0.25) is 0 Å². The molecule has 0 atom stereocenters. The van der Waals surface area contributed by atoms with Crippen molar-refractivity contribution in [1.82, 2.24) is 15.0 Å². The Balaban J connectivity index is 2.58. The van der Waals surface area contributed by atoms with Gasteiger partial charge in [0.25, 0.3) is 5.88 Å². The highest BCUT2D eigenvalue weighted by molar-refractivity contribution is 5.71. The second kappa shape index (κ2) is 9.02. The molecule has 0 saturated heterocycles. The van der Waals surface area contributed by atoms with Crippen LogP contribution in [0.3, 0.4) is 0 Å². The van der Waals surface area contributed by atoms with Gasteiger partial charge in [-0.25, -0.2) is 15.0 Å². The molecule has 2 aromatic heterocycles. The monoisotopic (exact) mass is 371 g/mol. The molecule has 2 heterocycles. The zero-order valence-corrected chi connectivity index (χ0v) is 18.0. The fraction of sp³-hybridized carbons (Fsp3) is 0.571. The molecule has 0 aromatic carbocycles. The standard InChI is InChI=1S/C21H33N5O/c1-9-15(10-2)24-19-21(27-8)25-18(14(5)23-19)17-12-22-20(26(6)7)13(4)16(17)11-3/h12,15H,9-11H2,1-8H3,(H,23,24). The number of aryl methyl sites for hydroxylation is 1. The van der Waals surface area contributed by atoms with Gasteiger partial charge in [-0.05, 0) is 44.2 Å². The SMILES string of the molecule is CCc1c(-c2nc(OC)c(NC(CC)CC)nc2C)cnc(N(C)C)c1C. The zero-order valence-electron chi connectivity index (χ0n) is 18.0. The molecular weight excluding hydrogens is 338 g/mol. The van der Waals surface area contributed by atoms with Crippen molar-refractivity contribution < 1.29 is 4.74 Å². The van der Waals surface area contributed by atoms with Gasteiger partial charge in [0.2, 0.25) is 0 Å². The Labute approximate surface area is 163 Å². The molecule has 148 valence electrons. The number of hydrogen-bond donors (Lipinski definition) is 1. The van der Waals surface area contributed by atoms with Gasteiger partial charge in [0, 0.05) is 31.9 Å². The van der Waals surface area contributed by atoms with Crippen LogP contribution >= 0.6 is 0 Å². The maximum atomic E-state index is 5.55. The summed E-state index contributed by atoms with van der Waals surface area (Å²) in [6.07, 6.45) is 4.86. The Morgan fingerprint density at radius 3 is 2.30 bits per heavy atom. The molecule has 0 spiro atoms. The minimum absolute atomic E-state index is 0.355. The Kier molecular flexibility index (Phi) is 6.99. The van der Waals surface area contributed by atoms with Crippen LogP contribution in [0, 0.1) is 13.8 Å². The first-order valence-corrected chi connectivity index (χ1v) is 9.73. The summed E-state index contributed by atoms with van der Waals surface area (Å²) in [6.45, 7) is 10.6. The molecule has 0 aliphatic heterocycles. The highest BCUT2D eigenvalue weighted by atomic mass is 16.5. The van der Waals surface area contributed by atoms with Crippen LogP contribution in [-0.2, 0) is 6.42 Å². The van der Waals surface area contributed by atoms with Gasteiger partial charge in [0.05, 0.1) is 18.5 Å². The van der Waals surface area contributed by atoms with Crippen molar-refractivity contribution in [3.63, 3.8) is 0 Å². The molecule has 0 unspecified atom stereocenters. The van der Waals surface area contributed by atoms with Crippen LogP contribution in [0.1, 0.15) is 50.4 Å². The van der Waals surface area contributed by atoms with E-state index < -0.39 is 0 Å². The third-order valence-corrected chi connectivity index (χ3v) is 5.02. The average molecular weight is 372 g/mol. The number of pyridine rings is 1. The van der Waals surface area contributed by atoms with Crippen molar-refractivity contribution in [3.05, 3.63) is 23.0 Å². The van der Waals surface area contributed by atoms with Crippen molar-refractivity contribution in [2.45, 2.75) is 59.9 Å². The fourth-order valence-corrected chi connectivity index (χ4v) is 3.43. The van der Waals surface area contributed by atoms with Crippen LogP contribution in [0.2, 0.25) is 0 Å². The zero-order chi connectivity index (χ0) is 20.1. The predicted molar refractivity (Wildman–Crippen MR) is 113 cm³/mol. The van der Waals surface area contributed by atoms with E-state index in [0.29, 0.717) is 17.7 Å². The maximum absolute atomic E-state index is 5.55. The molecule has 6 nitrogen and oxygen atoms in total. The summed E-state index contributed by atoms with van der Waals surface area (Å²) in [7, 11) is 5.67. The quantitative estimate of drug-likeness (QED) is 0.742. The van der Waals surface area contributed by atoms with E-state index in [2.05, 4.69) is 38.0 Å². The van der Waals surface area contributed by atoms with Crippen molar-refractivity contribution in [2.24, 2.45) is 0 Å². The fourth-order valence-electron chi connectivity index (χ4n) is 3.43. The molecule has 0 bridgehead atoms. The third kappa shape index (κ3) is 4.31. The first-order chi connectivity index (χ1) is 12.9. The van der Waals surface area contributed by atoms with Crippen LogP contribution in [0.15, 0.2) is 6.20 Å². The lowest BCUT2D eigenvalue weighted by Crippen LogP contribution is -2.19. The topological polar surface area (TPSA) is 63.2 Å². The van der Waals surface area contributed by atoms with Gasteiger partial charge in [-0.2, -0.15) is 0 Å². The molecule has 0 aliphatic rings. The first kappa shape index (κ1) is 20.9. The van der Waals surface area contributed by atoms with Gasteiger partial charge in [0.15, 0.2) is 5.82 Å². The molecule has 1 N–H and O–H groups in total. The van der Waals surface area contributed by atoms with E-state index in [1.54, 1.807) is 7.11 Å². The molecule has 2 aromatic rings. The minimum atomic E-state index is 0.355. The summed E-state index contributed by atoms with van der Waals surface area (Å²) >= 11 is 0. The molecule has 0 saturated carbocycles. The van der Waals surface area contributed by atoms with Crippen molar-refractivity contribution >= 4 is 11.6 Å². The van der Waals surface area contributed by atoms with E-state index in [-0.39, 0.29) is 0 Å². The number of nitrogens with one attached hydrogen (secondary N) is 1. The van der Waals surface area contributed by atoms with Crippen molar-refractivity contribution in [1.29, 1.82) is 0 Å². The lowest BCUT2D eigenvalue weighted by Gasteiger charge is -2.21. The summed E-state index contributed by atoms with van der Waals surface area (Å²) < 4.78 is 5.55. The normalized spacial score (nSPS) is 11.0. The molecule has 0 radical (unpaired) electrons. The van der Waals surface area contributed by atoms with E-state index in [4.69, 9.17) is 14.7 Å². The highest BCUT2D eigenvalue weighted by Gasteiger charge is 2.19. The van der Waals surface area contributed by atoms with Gasteiger partial charge in [-0.1, -0.05) is 20.8 Å². The number of nitrogens with zero attached hydrogens (tertiary/aromatic N) is 4. The van der Waals surface area contributed by atoms with Crippen LogP contribution in [0.4, 0.5) is 11.6 Å². The molecule has 0 amide bonds. The van der Waals surface area contributed by atoms with E-state index in [0.717, 1.165) is 42.0 Å². The molecule has 0 aliphatic carbocycles. The molecule has 0 fully saturated rings. The number of hydrogen-bond acceptors (Lipinski definition) is 6. The Hall–Kier alpha value is -2.37. The molecule has 6 heteroatoms. The Morgan fingerprint density at radius 1 is 1.11 bits per heavy atom. The van der Waals surface area contributed by atoms with Gasteiger partial charge in [-0.15, -0.1) is 0 Å². The largest absolute Gasteiger partial charge is 0.478 e. The number of anilines is 2. The molecule has 27 heavy (non-hydrogen) atoms. The van der Waals surface area contributed by atoms with Crippen molar-refractivity contribution in [3.8, 4) is 17.1 Å². The van der Waals surface area contributed by atoms with Crippen LogP contribution in [-0.4, -0.2) is 42.2 Å². The third-order valence-electron chi connectivity index (χ3n) is 5.02. The van der Waals surface area contributed by atoms with E-state index in [1.165, 1.54) is 11.1 Å². The summed E-state index contributed by atoms with van der Waals surface area (Å²) in [6, 6.07) is 0.355. The highest BCUT2D eigenvalue weighted by Crippen LogP contribution is 2.33. The maximum Gasteiger partial charge on any atom is 0.257 e. The summed E-state index contributed by atoms with van der Waals surface area (Å²) in [4.78, 5) is 16.3. The summed E-state index contributed by atoms with van der Waals surface area (Å²) in [5, 5.41) is 3.46. The summed E-state index contributed by atoms with van der Waals surface area (Å²) in [5.74, 6) is 2.22. The van der Waals surface area contributed by atoms with Crippen LogP contribution < -0.4 is 15.0 Å². The van der Waals surface area contributed by atoms with E-state index >= 15 is 0 Å². The van der Waals surface area contributed by atoms with E-state index in [1.807, 2.05) is 32.1 Å². The van der Waals surface area contributed by atoms with Crippen LogP contribution in [0.5, 0.6) is 5.88 Å². The van der Waals surface area contributed by atoms with Gasteiger partial charge >= 0.3 is 0 Å². The number of rotatable bonds is 8. The lowest BCUT2D eigenvalue weighted by atomic mass is 9.98. The van der Waals surface area contributed by atoms with Gasteiger partial charge in [0.1, 0.15) is 5.82 Å². The number of ether oxygens (including phenoxy) is 1. The van der Waals surface area contributed by atoms with E-state index in [9.17, 15) is 0 Å². The molecular formula is C21H33N5O. The first-order valence-electron chi connectivity index (χ1n) is 9.73. The second-order valence-corrected chi connectivity index (χ2v) is 7.02. The molecule has 2 rings (SSSR count). The second-order valence-electron chi connectivity index (χ2n) is 7.02. The predicted octanol–water partition coefficient (Wildman–Crippen LogP) is 4.39. The smallest absolute Gasteiger partial charge is 0.257 e. The Bertz CT molecular complexity index is 785. The number of aromatic nitrogens is 3. The number of methoxy groups -OCH3 is 1. The lowest BCUT2D eigenvalue weighted by molar-refractivity contribution is 0.397. The average Bonchev–Trinajstić information content (AvgIpc) is 2.65. The van der Waals surface area contributed by atoms with Gasteiger partial charge < -0.3 is 15.0 Å². The van der Waals surface area contributed by atoms with Crippen LogP contribution in [0.25, 0.3) is 11.3 Å².